The first-order valence-corrected chi connectivity index (χ1v) is 11.0. The number of nitrogens with zero attached hydrogens (tertiary/aromatic N) is 2. The lowest BCUT2D eigenvalue weighted by Gasteiger charge is -2.15. The topological polar surface area (TPSA) is 66.0 Å². The van der Waals surface area contributed by atoms with E-state index in [1.54, 1.807) is 19.0 Å². The Hall–Kier alpha value is -2.29. The van der Waals surface area contributed by atoms with Crippen LogP contribution in [0.2, 0.25) is 0 Å². The lowest BCUT2D eigenvalue weighted by Crippen LogP contribution is -2.39. The zero-order valence-electron chi connectivity index (χ0n) is 19.9. The van der Waals surface area contributed by atoms with Gasteiger partial charge in [0.1, 0.15) is 12.4 Å². The fourth-order valence-electron chi connectivity index (χ4n) is 3.18. The minimum Gasteiger partial charge on any atom is -0.491 e. The monoisotopic (exact) mass is 552 g/mol. The maximum Gasteiger partial charge on any atom is 0.253 e. The Labute approximate surface area is 209 Å². The van der Waals surface area contributed by atoms with E-state index in [1.807, 2.05) is 49.4 Å². The van der Waals surface area contributed by atoms with Crippen LogP contribution in [0.1, 0.15) is 48.2 Å². The molecule has 0 fully saturated rings. The molecule has 0 saturated carbocycles. The number of aliphatic imine (C=N–C) groups is 1. The molecule has 0 saturated heterocycles. The number of guanidine groups is 1. The highest BCUT2D eigenvalue weighted by atomic mass is 127. The molecule has 0 spiro atoms. The first-order chi connectivity index (χ1) is 14.9. The molecule has 0 radical (unpaired) electrons. The van der Waals surface area contributed by atoms with Gasteiger partial charge in [-0.1, -0.05) is 44.2 Å². The van der Waals surface area contributed by atoms with Gasteiger partial charge in [0.2, 0.25) is 0 Å². The minimum atomic E-state index is 0. The van der Waals surface area contributed by atoms with Crippen LogP contribution in [0.15, 0.2) is 53.5 Å². The summed E-state index contributed by atoms with van der Waals surface area (Å²) in [5, 5.41) is 6.59. The largest absolute Gasteiger partial charge is 0.491 e. The highest BCUT2D eigenvalue weighted by molar-refractivity contribution is 14.0. The van der Waals surface area contributed by atoms with Crippen molar-refractivity contribution in [3.05, 3.63) is 65.2 Å². The molecule has 6 nitrogen and oxygen atoms in total. The van der Waals surface area contributed by atoms with Gasteiger partial charge in [-0.15, -0.1) is 24.0 Å². The Bertz CT molecular complexity index is 869. The molecule has 7 heteroatoms. The molecule has 0 heterocycles. The van der Waals surface area contributed by atoms with E-state index in [0.717, 1.165) is 30.2 Å². The summed E-state index contributed by atoms with van der Waals surface area (Å²) in [6.07, 6.45) is 0.767. The van der Waals surface area contributed by atoms with Crippen molar-refractivity contribution < 1.29 is 9.53 Å². The van der Waals surface area contributed by atoms with Crippen molar-refractivity contribution >= 4 is 35.8 Å². The number of para-hydroxylation sites is 1. The lowest BCUT2D eigenvalue weighted by atomic mass is 10.0. The third-order valence-corrected chi connectivity index (χ3v) is 4.79. The average Bonchev–Trinajstić information content (AvgIpc) is 2.76. The van der Waals surface area contributed by atoms with E-state index >= 15 is 0 Å². The Morgan fingerprint density at radius 3 is 2.53 bits per heavy atom. The van der Waals surface area contributed by atoms with Gasteiger partial charge in [-0.05, 0) is 48.6 Å². The zero-order valence-corrected chi connectivity index (χ0v) is 22.2. The maximum atomic E-state index is 12.1. The van der Waals surface area contributed by atoms with Crippen LogP contribution in [-0.2, 0) is 6.42 Å². The van der Waals surface area contributed by atoms with Crippen molar-refractivity contribution in [2.75, 3.05) is 40.3 Å². The summed E-state index contributed by atoms with van der Waals surface area (Å²) in [7, 11) is 3.53. The molecule has 0 aliphatic rings. The van der Waals surface area contributed by atoms with E-state index in [0.29, 0.717) is 31.2 Å². The van der Waals surface area contributed by atoms with Gasteiger partial charge in [0.15, 0.2) is 5.96 Å². The Kier molecular flexibility index (Phi) is 12.8. The Morgan fingerprint density at radius 1 is 1.09 bits per heavy atom. The number of amides is 1. The predicted octanol–water partition coefficient (Wildman–Crippen LogP) is 4.31. The van der Waals surface area contributed by atoms with Crippen molar-refractivity contribution in [1.82, 2.24) is 15.5 Å². The molecule has 0 aromatic heterocycles. The number of carbonyl (C=O) groups is 1. The highest BCUT2D eigenvalue weighted by Crippen LogP contribution is 2.25. The van der Waals surface area contributed by atoms with Crippen LogP contribution in [0.4, 0.5) is 0 Å². The van der Waals surface area contributed by atoms with E-state index in [-0.39, 0.29) is 29.9 Å². The van der Waals surface area contributed by atoms with Crippen LogP contribution < -0.4 is 15.4 Å². The fraction of sp³-hybridized carbons (Fsp3) is 0.440. The molecule has 32 heavy (non-hydrogen) atoms. The first kappa shape index (κ1) is 27.7. The summed E-state index contributed by atoms with van der Waals surface area (Å²) in [6, 6.07) is 15.9. The first-order valence-electron chi connectivity index (χ1n) is 11.0. The van der Waals surface area contributed by atoms with Crippen molar-refractivity contribution in [2.45, 2.75) is 33.1 Å². The molecule has 0 atom stereocenters. The Balaban J connectivity index is 0.00000512. The average molecular weight is 553 g/mol. The number of hydrogen-bond donors (Lipinski definition) is 2. The molecule has 0 unspecified atom stereocenters. The van der Waals surface area contributed by atoms with E-state index in [4.69, 9.17) is 4.74 Å². The molecule has 2 N–H and O–H groups in total. The number of halogens is 1. The predicted molar refractivity (Wildman–Crippen MR) is 144 cm³/mol. The van der Waals surface area contributed by atoms with Gasteiger partial charge >= 0.3 is 0 Å². The van der Waals surface area contributed by atoms with Crippen molar-refractivity contribution in [1.29, 1.82) is 0 Å². The van der Waals surface area contributed by atoms with E-state index in [2.05, 4.69) is 35.5 Å². The molecular weight excluding hydrogens is 515 g/mol. The summed E-state index contributed by atoms with van der Waals surface area (Å²) in [5.74, 6) is 2.14. The minimum absolute atomic E-state index is 0. The third-order valence-electron chi connectivity index (χ3n) is 4.79. The smallest absolute Gasteiger partial charge is 0.253 e. The summed E-state index contributed by atoms with van der Waals surface area (Å²) in [5.41, 5.74) is 3.02. The van der Waals surface area contributed by atoms with Gasteiger partial charge < -0.3 is 20.3 Å². The summed E-state index contributed by atoms with van der Waals surface area (Å²) >= 11 is 0. The van der Waals surface area contributed by atoms with E-state index in [1.165, 1.54) is 5.56 Å². The highest BCUT2D eigenvalue weighted by Gasteiger charge is 2.08. The third kappa shape index (κ3) is 9.06. The second-order valence-corrected chi connectivity index (χ2v) is 7.88. The summed E-state index contributed by atoms with van der Waals surface area (Å²) in [6.45, 7) is 9.02. The fourth-order valence-corrected chi connectivity index (χ4v) is 3.18. The summed E-state index contributed by atoms with van der Waals surface area (Å²) in [4.78, 5) is 18.4. The van der Waals surface area contributed by atoms with Crippen LogP contribution in [0.5, 0.6) is 5.75 Å². The normalized spacial score (nSPS) is 11.0. The van der Waals surface area contributed by atoms with Gasteiger partial charge in [-0.3, -0.25) is 9.79 Å². The lowest BCUT2D eigenvalue weighted by molar-refractivity contribution is 0.0827. The Morgan fingerprint density at radius 2 is 1.84 bits per heavy atom. The second-order valence-electron chi connectivity index (χ2n) is 7.88. The molecule has 1 amide bonds. The van der Waals surface area contributed by atoms with Gasteiger partial charge in [-0.25, -0.2) is 0 Å². The van der Waals surface area contributed by atoms with Crippen LogP contribution in [0.3, 0.4) is 0 Å². The number of carbonyl (C=O) groups excluding carboxylic acids is 1. The molecule has 0 aliphatic carbocycles. The van der Waals surface area contributed by atoms with Crippen LogP contribution >= 0.6 is 24.0 Å². The molecule has 0 bridgehead atoms. The number of rotatable bonds is 10. The van der Waals surface area contributed by atoms with E-state index in [9.17, 15) is 4.79 Å². The quantitative estimate of drug-likeness (QED) is 0.200. The second kappa shape index (κ2) is 14.7. The van der Waals surface area contributed by atoms with Gasteiger partial charge in [-0.2, -0.15) is 0 Å². The van der Waals surface area contributed by atoms with Crippen molar-refractivity contribution in [3.8, 4) is 5.75 Å². The number of ether oxygens (including phenoxy) is 1. The molecule has 2 aromatic rings. The maximum absolute atomic E-state index is 12.1. The SMILES string of the molecule is CCNC(=NCCc1cccc(C(=O)N(C)C)c1)NCCOc1ccccc1C(C)C.I. The summed E-state index contributed by atoms with van der Waals surface area (Å²) < 4.78 is 5.97. The molecule has 2 rings (SSSR count). The molecule has 2 aromatic carbocycles. The van der Waals surface area contributed by atoms with Crippen molar-refractivity contribution in [3.63, 3.8) is 0 Å². The van der Waals surface area contributed by atoms with Crippen LogP contribution in [-0.4, -0.2) is 57.1 Å². The standard InChI is InChI=1S/C25H36N4O2.HI/c1-6-26-25(28-16-17-31-23-13-8-7-12-22(23)19(2)3)27-15-14-20-10-9-11-21(18-20)24(30)29(4)5;/h7-13,18-19H,6,14-17H2,1-5H3,(H2,26,27,28);1H. The number of nitrogens with one attached hydrogen (secondary N) is 2. The van der Waals surface area contributed by atoms with Gasteiger partial charge in [0.25, 0.3) is 5.91 Å². The van der Waals surface area contributed by atoms with Gasteiger partial charge in [0, 0.05) is 32.7 Å². The number of benzene rings is 2. The number of hydrogen-bond acceptors (Lipinski definition) is 3. The molecule has 0 aliphatic heterocycles. The van der Waals surface area contributed by atoms with E-state index < -0.39 is 0 Å². The van der Waals surface area contributed by atoms with Crippen LogP contribution in [0.25, 0.3) is 0 Å². The van der Waals surface area contributed by atoms with Gasteiger partial charge in [0.05, 0.1) is 6.54 Å². The van der Waals surface area contributed by atoms with Crippen LogP contribution in [0, 0.1) is 0 Å². The van der Waals surface area contributed by atoms with Crippen molar-refractivity contribution in [2.24, 2.45) is 4.99 Å². The molecular formula is C25H37IN4O2. The molecule has 176 valence electrons. The zero-order chi connectivity index (χ0) is 22.6.